The quantitative estimate of drug-likeness (QED) is 0.675. The van der Waals surface area contributed by atoms with Gasteiger partial charge < -0.3 is 5.32 Å². The smallest absolute Gasteiger partial charge is 0.234 e. The molecule has 1 amide bonds. The molecule has 1 aromatic heterocycles. The molecule has 2 rings (SSSR count). The molecule has 0 aliphatic carbocycles. The van der Waals surface area contributed by atoms with Crippen molar-refractivity contribution in [1.29, 1.82) is 0 Å². The third-order valence-electron chi connectivity index (χ3n) is 3.40. The van der Waals surface area contributed by atoms with Crippen molar-refractivity contribution in [2.75, 3.05) is 11.1 Å². The molecule has 116 valence electrons. The van der Waals surface area contributed by atoms with Crippen molar-refractivity contribution in [1.82, 2.24) is 9.97 Å². The van der Waals surface area contributed by atoms with Crippen LogP contribution in [0.1, 0.15) is 22.5 Å². The first-order chi connectivity index (χ1) is 10.4. The van der Waals surface area contributed by atoms with Gasteiger partial charge in [-0.05, 0) is 51.0 Å². The predicted octanol–water partition coefficient (Wildman–Crippen LogP) is 4.09. The van der Waals surface area contributed by atoms with E-state index >= 15 is 0 Å². The van der Waals surface area contributed by atoms with Gasteiger partial charge in [0.25, 0.3) is 0 Å². The molecule has 0 aliphatic heterocycles. The summed E-state index contributed by atoms with van der Waals surface area (Å²) in [6.45, 7) is 7.81. The van der Waals surface area contributed by atoms with Crippen LogP contribution in [0.15, 0.2) is 23.4 Å². The lowest BCUT2D eigenvalue weighted by molar-refractivity contribution is -0.113. The number of benzene rings is 1. The summed E-state index contributed by atoms with van der Waals surface area (Å²) in [5.74, 6) is 0.150. The maximum absolute atomic E-state index is 12.0. The molecule has 0 unspecified atom stereocenters. The number of amides is 1. The first kappa shape index (κ1) is 16.8. The molecule has 4 nitrogen and oxygen atoms in total. The summed E-state index contributed by atoms with van der Waals surface area (Å²) in [6.07, 6.45) is 0. The number of aromatic nitrogens is 2. The van der Waals surface area contributed by atoms with Crippen molar-refractivity contribution >= 4 is 35.0 Å². The maximum Gasteiger partial charge on any atom is 0.234 e. The Kier molecular flexibility index (Phi) is 5.42. The Hall–Kier alpha value is -1.59. The Morgan fingerprint density at radius 2 is 1.82 bits per heavy atom. The Labute approximate surface area is 139 Å². The van der Waals surface area contributed by atoms with Gasteiger partial charge in [-0.15, -0.1) is 0 Å². The molecule has 1 N–H and O–H groups in total. The van der Waals surface area contributed by atoms with E-state index in [1.54, 1.807) is 6.07 Å². The number of aryl methyl sites for hydroxylation is 3. The molecule has 0 bridgehead atoms. The number of carbonyl (C=O) groups is 1. The number of thioether (sulfide) groups is 1. The van der Waals surface area contributed by atoms with Crippen molar-refractivity contribution in [2.45, 2.75) is 32.9 Å². The summed E-state index contributed by atoms with van der Waals surface area (Å²) in [5, 5.41) is 4.08. The van der Waals surface area contributed by atoms with E-state index in [-0.39, 0.29) is 11.7 Å². The molecule has 0 saturated carbocycles. The van der Waals surface area contributed by atoms with Crippen molar-refractivity contribution in [3.8, 4) is 0 Å². The zero-order valence-electron chi connectivity index (χ0n) is 13.0. The molecule has 0 spiro atoms. The largest absolute Gasteiger partial charge is 0.325 e. The van der Waals surface area contributed by atoms with Crippen LogP contribution >= 0.6 is 23.4 Å². The second kappa shape index (κ2) is 7.11. The number of halogens is 1. The van der Waals surface area contributed by atoms with Gasteiger partial charge in [0.1, 0.15) is 0 Å². The topological polar surface area (TPSA) is 54.9 Å². The molecular weight excluding hydrogens is 318 g/mol. The molecule has 0 atom stereocenters. The van der Waals surface area contributed by atoms with Gasteiger partial charge in [-0.1, -0.05) is 29.4 Å². The summed E-state index contributed by atoms with van der Waals surface area (Å²) >= 11 is 7.37. The first-order valence-corrected chi connectivity index (χ1v) is 8.24. The summed E-state index contributed by atoms with van der Waals surface area (Å²) in [4.78, 5) is 20.8. The van der Waals surface area contributed by atoms with Gasteiger partial charge in [-0.25, -0.2) is 9.97 Å². The second-order valence-electron chi connectivity index (χ2n) is 5.10. The summed E-state index contributed by atoms with van der Waals surface area (Å²) in [5.41, 5.74) is 4.65. The fourth-order valence-corrected chi connectivity index (χ4v) is 2.72. The highest BCUT2D eigenvalue weighted by Crippen LogP contribution is 2.21. The minimum atomic E-state index is -0.107. The van der Waals surface area contributed by atoms with E-state index in [4.69, 9.17) is 11.6 Å². The zero-order valence-corrected chi connectivity index (χ0v) is 14.6. The molecule has 0 fully saturated rings. The predicted molar refractivity (Wildman–Crippen MR) is 91.8 cm³/mol. The van der Waals surface area contributed by atoms with Crippen molar-refractivity contribution in [2.24, 2.45) is 0 Å². The van der Waals surface area contributed by atoms with Crippen LogP contribution in [0, 0.1) is 27.7 Å². The first-order valence-electron chi connectivity index (χ1n) is 6.87. The third kappa shape index (κ3) is 4.21. The monoisotopic (exact) mass is 335 g/mol. The molecule has 0 radical (unpaired) electrons. The Bertz CT molecular complexity index is 696. The SMILES string of the molecule is Cc1ccc(NC(=O)CSc2nc(C)c(C)c(C)n2)cc1Cl. The highest BCUT2D eigenvalue weighted by molar-refractivity contribution is 7.99. The van der Waals surface area contributed by atoms with Crippen LogP contribution in [0.5, 0.6) is 0 Å². The lowest BCUT2D eigenvalue weighted by atomic mass is 10.2. The van der Waals surface area contributed by atoms with Crippen LogP contribution in [0.2, 0.25) is 5.02 Å². The maximum atomic E-state index is 12.0. The number of rotatable bonds is 4. The Morgan fingerprint density at radius 3 is 2.41 bits per heavy atom. The van der Waals surface area contributed by atoms with Gasteiger partial charge in [0.2, 0.25) is 5.91 Å². The van der Waals surface area contributed by atoms with E-state index < -0.39 is 0 Å². The van der Waals surface area contributed by atoms with Gasteiger partial charge in [-0.3, -0.25) is 4.79 Å². The van der Waals surface area contributed by atoms with Crippen LogP contribution in [0.4, 0.5) is 5.69 Å². The van der Waals surface area contributed by atoms with Crippen LogP contribution in [-0.4, -0.2) is 21.6 Å². The number of carbonyl (C=O) groups excluding carboxylic acids is 1. The number of nitrogens with one attached hydrogen (secondary N) is 1. The van der Waals surface area contributed by atoms with Gasteiger partial charge in [0.05, 0.1) is 5.75 Å². The van der Waals surface area contributed by atoms with Gasteiger partial charge in [0.15, 0.2) is 5.16 Å². The van der Waals surface area contributed by atoms with Gasteiger partial charge >= 0.3 is 0 Å². The van der Waals surface area contributed by atoms with Crippen LogP contribution in [-0.2, 0) is 4.79 Å². The molecule has 0 saturated heterocycles. The minimum Gasteiger partial charge on any atom is -0.325 e. The number of hydrogen-bond donors (Lipinski definition) is 1. The summed E-state index contributed by atoms with van der Waals surface area (Å²) in [7, 11) is 0. The normalized spacial score (nSPS) is 10.6. The van der Waals surface area contributed by atoms with E-state index in [0.29, 0.717) is 15.9 Å². The number of hydrogen-bond acceptors (Lipinski definition) is 4. The molecule has 22 heavy (non-hydrogen) atoms. The fraction of sp³-hybridized carbons (Fsp3) is 0.312. The average molecular weight is 336 g/mol. The van der Waals surface area contributed by atoms with Crippen LogP contribution in [0.25, 0.3) is 0 Å². The molecular formula is C16H18ClN3OS. The Morgan fingerprint density at radius 1 is 1.18 bits per heavy atom. The van der Waals surface area contributed by atoms with Gasteiger partial charge in [0, 0.05) is 22.1 Å². The van der Waals surface area contributed by atoms with E-state index in [9.17, 15) is 4.79 Å². The van der Waals surface area contributed by atoms with Crippen molar-refractivity contribution in [3.05, 3.63) is 45.7 Å². The molecule has 0 aliphatic rings. The number of anilines is 1. The highest BCUT2D eigenvalue weighted by atomic mass is 35.5. The molecule has 1 heterocycles. The summed E-state index contributed by atoms with van der Waals surface area (Å²) in [6, 6.07) is 5.46. The standard InChI is InChI=1S/C16H18ClN3OS/c1-9-5-6-13(7-14(9)17)20-15(21)8-22-16-18-11(3)10(2)12(4)19-16/h5-7H,8H2,1-4H3,(H,20,21). The van der Waals surface area contributed by atoms with Crippen molar-refractivity contribution in [3.63, 3.8) is 0 Å². The van der Waals surface area contributed by atoms with Gasteiger partial charge in [-0.2, -0.15) is 0 Å². The second-order valence-corrected chi connectivity index (χ2v) is 6.45. The van der Waals surface area contributed by atoms with E-state index in [0.717, 1.165) is 22.5 Å². The third-order valence-corrected chi connectivity index (χ3v) is 4.65. The van der Waals surface area contributed by atoms with E-state index in [2.05, 4.69) is 15.3 Å². The number of nitrogens with zero attached hydrogens (tertiary/aromatic N) is 2. The minimum absolute atomic E-state index is 0.107. The molecule has 6 heteroatoms. The lowest BCUT2D eigenvalue weighted by Crippen LogP contribution is -2.14. The van der Waals surface area contributed by atoms with Crippen molar-refractivity contribution < 1.29 is 4.79 Å². The van der Waals surface area contributed by atoms with E-state index in [1.165, 1.54) is 11.8 Å². The van der Waals surface area contributed by atoms with Crippen LogP contribution in [0.3, 0.4) is 0 Å². The lowest BCUT2D eigenvalue weighted by Gasteiger charge is -2.08. The molecule has 1 aromatic carbocycles. The average Bonchev–Trinajstić information content (AvgIpc) is 2.46. The summed E-state index contributed by atoms with van der Waals surface area (Å²) < 4.78 is 0. The fourth-order valence-electron chi connectivity index (χ4n) is 1.80. The van der Waals surface area contributed by atoms with E-state index in [1.807, 2.05) is 39.8 Å². The highest BCUT2D eigenvalue weighted by Gasteiger charge is 2.09. The zero-order chi connectivity index (χ0) is 16.3. The van der Waals surface area contributed by atoms with Crippen LogP contribution < -0.4 is 5.32 Å². The molecule has 2 aromatic rings. The Balaban J connectivity index is 1.96.